The van der Waals surface area contributed by atoms with E-state index in [0.717, 1.165) is 11.8 Å². The van der Waals surface area contributed by atoms with Gasteiger partial charge in [0.2, 0.25) is 0 Å². The van der Waals surface area contributed by atoms with Crippen LogP contribution in [0.15, 0.2) is 0 Å². The van der Waals surface area contributed by atoms with Crippen LogP contribution in [0, 0.1) is 11.8 Å². The predicted octanol–water partition coefficient (Wildman–Crippen LogP) is 14.4. The van der Waals surface area contributed by atoms with Crippen LogP contribution >= 0.6 is 0 Å². The van der Waals surface area contributed by atoms with Crippen LogP contribution in [-0.2, 0) is 0 Å². The number of rotatable bonds is 32. The summed E-state index contributed by atoms with van der Waals surface area (Å²) in [6, 6.07) is 0. The maximum Gasteiger partial charge on any atom is -0.0443 e. The summed E-state index contributed by atoms with van der Waals surface area (Å²) in [6.45, 7) is 9.61. The van der Waals surface area contributed by atoms with Crippen molar-refractivity contribution in [3.8, 4) is 0 Å². The SMILES string of the molecule is CCCCCCCCCCCCCCCCCCCCCCC(C)CCCCCC(C)CCCCCC. The van der Waals surface area contributed by atoms with Crippen LogP contribution in [-0.4, -0.2) is 0 Å². The van der Waals surface area contributed by atoms with Gasteiger partial charge in [0.1, 0.15) is 0 Å². The molecule has 0 saturated heterocycles. The molecule has 0 heterocycles. The van der Waals surface area contributed by atoms with Crippen LogP contribution < -0.4 is 0 Å². The molecule has 0 fully saturated rings. The quantitative estimate of drug-likeness (QED) is 0.0773. The van der Waals surface area contributed by atoms with E-state index in [2.05, 4.69) is 27.7 Å². The summed E-state index contributed by atoms with van der Waals surface area (Å²) in [6.07, 6.45) is 45.6. The highest BCUT2D eigenvalue weighted by molar-refractivity contribution is 4.58. The van der Waals surface area contributed by atoms with Gasteiger partial charge in [0.25, 0.3) is 0 Å². The van der Waals surface area contributed by atoms with E-state index in [1.54, 1.807) is 0 Å². The summed E-state index contributed by atoms with van der Waals surface area (Å²) in [5.41, 5.74) is 0. The zero-order valence-corrected chi connectivity index (χ0v) is 27.1. The Morgan fingerprint density at radius 1 is 0.243 bits per heavy atom. The average Bonchev–Trinajstić information content (AvgIpc) is 2.89. The Morgan fingerprint density at radius 3 is 0.649 bits per heavy atom. The van der Waals surface area contributed by atoms with Crippen LogP contribution in [0.1, 0.15) is 227 Å². The van der Waals surface area contributed by atoms with Crippen molar-refractivity contribution < 1.29 is 0 Å². The lowest BCUT2D eigenvalue weighted by Crippen LogP contribution is -1.97. The van der Waals surface area contributed by atoms with Crippen molar-refractivity contribution in [2.45, 2.75) is 227 Å². The molecule has 0 N–H and O–H groups in total. The van der Waals surface area contributed by atoms with Gasteiger partial charge in [-0.15, -0.1) is 0 Å². The van der Waals surface area contributed by atoms with Crippen LogP contribution in [0.2, 0.25) is 0 Å². The molecule has 0 amide bonds. The van der Waals surface area contributed by atoms with Gasteiger partial charge >= 0.3 is 0 Å². The second kappa shape index (κ2) is 32.2. The van der Waals surface area contributed by atoms with Crippen LogP contribution in [0.3, 0.4) is 0 Å². The first-order valence-electron chi connectivity index (χ1n) is 18.2. The summed E-state index contributed by atoms with van der Waals surface area (Å²) < 4.78 is 0. The fraction of sp³-hybridized carbons (Fsp3) is 1.00. The van der Waals surface area contributed by atoms with Gasteiger partial charge in [0, 0.05) is 0 Å². The van der Waals surface area contributed by atoms with E-state index >= 15 is 0 Å². The molecule has 0 heteroatoms. The first-order valence-corrected chi connectivity index (χ1v) is 18.2. The van der Waals surface area contributed by atoms with E-state index < -0.39 is 0 Å². The van der Waals surface area contributed by atoms with Crippen LogP contribution in [0.5, 0.6) is 0 Å². The summed E-state index contributed by atoms with van der Waals surface area (Å²) in [5.74, 6) is 1.92. The Kier molecular flexibility index (Phi) is 32.2. The van der Waals surface area contributed by atoms with Gasteiger partial charge in [-0.2, -0.15) is 0 Å². The summed E-state index contributed by atoms with van der Waals surface area (Å²) >= 11 is 0. The van der Waals surface area contributed by atoms with Gasteiger partial charge in [-0.05, 0) is 11.8 Å². The van der Waals surface area contributed by atoms with Gasteiger partial charge in [0.15, 0.2) is 0 Å². The molecule has 0 radical (unpaired) electrons. The second-order valence-corrected chi connectivity index (χ2v) is 13.2. The molecule has 2 unspecified atom stereocenters. The lowest BCUT2D eigenvalue weighted by Gasteiger charge is -2.13. The molecular formula is C37H76. The largest absolute Gasteiger partial charge is 0.0654 e. The van der Waals surface area contributed by atoms with E-state index in [1.165, 1.54) is 199 Å². The van der Waals surface area contributed by atoms with E-state index in [1.807, 2.05) is 0 Å². The van der Waals surface area contributed by atoms with E-state index in [9.17, 15) is 0 Å². The van der Waals surface area contributed by atoms with Gasteiger partial charge in [0.05, 0.1) is 0 Å². The molecule has 0 aliphatic carbocycles. The lowest BCUT2D eigenvalue weighted by molar-refractivity contribution is 0.408. The van der Waals surface area contributed by atoms with E-state index in [4.69, 9.17) is 0 Å². The Labute approximate surface area is 238 Å². The first kappa shape index (κ1) is 37.0. The molecule has 0 saturated carbocycles. The Balaban J connectivity index is 3.18. The third kappa shape index (κ3) is 32.1. The third-order valence-corrected chi connectivity index (χ3v) is 8.99. The Hall–Kier alpha value is 0. The molecule has 2 atom stereocenters. The monoisotopic (exact) mass is 521 g/mol. The van der Waals surface area contributed by atoms with Gasteiger partial charge in [-0.25, -0.2) is 0 Å². The summed E-state index contributed by atoms with van der Waals surface area (Å²) in [5, 5.41) is 0. The molecule has 0 aromatic heterocycles. The van der Waals surface area contributed by atoms with Crippen molar-refractivity contribution in [2.24, 2.45) is 11.8 Å². The minimum absolute atomic E-state index is 0.960. The van der Waals surface area contributed by atoms with Gasteiger partial charge in [-0.3, -0.25) is 0 Å². The van der Waals surface area contributed by atoms with Crippen molar-refractivity contribution in [3.05, 3.63) is 0 Å². The predicted molar refractivity (Wildman–Crippen MR) is 173 cm³/mol. The maximum absolute atomic E-state index is 2.51. The van der Waals surface area contributed by atoms with Crippen molar-refractivity contribution in [2.75, 3.05) is 0 Å². The first-order chi connectivity index (χ1) is 18.2. The molecule has 224 valence electrons. The summed E-state index contributed by atoms with van der Waals surface area (Å²) in [4.78, 5) is 0. The number of unbranched alkanes of at least 4 members (excludes halogenated alkanes) is 24. The van der Waals surface area contributed by atoms with Gasteiger partial charge in [-0.1, -0.05) is 227 Å². The Bertz CT molecular complexity index is 385. The third-order valence-electron chi connectivity index (χ3n) is 8.99. The Morgan fingerprint density at radius 2 is 0.405 bits per heavy atom. The van der Waals surface area contributed by atoms with E-state index in [0.29, 0.717) is 0 Å². The molecule has 0 nitrogen and oxygen atoms in total. The highest BCUT2D eigenvalue weighted by Gasteiger charge is 2.05. The van der Waals surface area contributed by atoms with E-state index in [-0.39, 0.29) is 0 Å². The number of hydrogen-bond donors (Lipinski definition) is 0. The van der Waals surface area contributed by atoms with Crippen molar-refractivity contribution >= 4 is 0 Å². The molecule has 0 aromatic carbocycles. The fourth-order valence-electron chi connectivity index (χ4n) is 6.12. The minimum Gasteiger partial charge on any atom is -0.0654 e. The zero-order chi connectivity index (χ0) is 27.1. The van der Waals surface area contributed by atoms with Gasteiger partial charge < -0.3 is 0 Å². The van der Waals surface area contributed by atoms with Crippen molar-refractivity contribution in [3.63, 3.8) is 0 Å². The van der Waals surface area contributed by atoms with Crippen molar-refractivity contribution in [1.82, 2.24) is 0 Å². The lowest BCUT2D eigenvalue weighted by atomic mass is 9.93. The van der Waals surface area contributed by atoms with Crippen molar-refractivity contribution in [1.29, 1.82) is 0 Å². The number of hydrogen-bond acceptors (Lipinski definition) is 0. The standard InChI is InChI=1S/C37H76/c1-5-7-9-11-12-13-14-15-16-17-18-19-20-21-22-23-24-25-26-29-33-37(4)35-31-27-30-34-36(3)32-28-10-8-6-2/h36-37H,5-35H2,1-4H3. The highest BCUT2D eigenvalue weighted by atomic mass is 14.1. The molecule has 0 spiro atoms. The molecule has 0 aromatic rings. The molecule has 37 heavy (non-hydrogen) atoms. The molecule has 0 aliphatic heterocycles. The van der Waals surface area contributed by atoms with Crippen LogP contribution in [0.4, 0.5) is 0 Å². The zero-order valence-electron chi connectivity index (χ0n) is 27.1. The molecular weight excluding hydrogens is 444 g/mol. The topological polar surface area (TPSA) is 0 Å². The fourth-order valence-corrected chi connectivity index (χ4v) is 6.12. The average molecular weight is 521 g/mol. The van der Waals surface area contributed by atoms with Crippen LogP contribution in [0.25, 0.3) is 0 Å². The highest BCUT2D eigenvalue weighted by Crippen LogP contribution is 2.21. The maximum atomic E-state index is 2.51. The minimum atomic E-state index is 0.960. The smallest absolute Gasteiger partial charge is 0.0443 e. The second-order valence-electron chi connectivity index (χ2n) is 13.2. The normalized spacial score (nSPS) is 13.3. The molecule has 0 rings (SSSR count). The molecule has 0 aliphatic rings. The molecule has 0 bridgehead atoms. The summed E-state index contributed by atoms with van der Waals surface area (Å²) in [7, 11) is 0.